The normalized spacial score (nSPS) is 17.6. The summed E-state index contributed by atoms with van der Waals surface area (Å²) in [7, 11) is 0. The molecule has 14 heteroatoms. The van der Waals surface area contributed by atoms with E-state index < -0.39 is 34.9 Å². The molecule has 0 saturated carbocycles. The van der Waals surface area contributed by atoms with Gasteiger partial charge in [0.15, 0.2) is 0 Å². The summed E-state index contributed by atoms with van der Waals surface area (Å²) in [6, 6.07) is 7.34. The van der Waals surface area contributed by atoms with Crippen molar-refractivity contribution in [1.29, 1.82) is 0 Å². The Balaban J connectivity index is 1.32. The van der Waals surface area contributed by atoms with Crippen LogP contribution in [0.2, 0.25) is 0 Å². The molecular formula is C32H30N6O8. The molecule has 236 valence electrons. The van der Waals surface area contributed by atoms with Gasteiger partial charge in [0.2, 0.25) is 0 Å². The SMILES string of the molecule is O=C1C=CC(=O)N1c1ccccc1N1C(=O)C=C(c2cn3c(=O)n(c2=O)CCCCCn2ccc(=O)n(c2=O)CCCCC3)C1=O. The number of para-hydroxylation sites is 2. The smallest absolute Gasteiger partial charge is 0.300 e. The van der Waals surface area contributed by atoms with Crippen molar-refractivity contribution in [2.45, 2.75) is 64.7 Å². The third-order valence-corrected chi connectivity index (χ3v) is 8.32. The van der Waals surface area contributed by atoms with Gasteiger partial charge in [-0.1, -0.05) is 12.1 Å². The standard InChI is InChI=1S/C32H30N6O8/c39-25-13-18-33-14-5-1-8-17-36-29(43)22(20-34(32(36)46)15-6-2-7-16-35(25)31(33)45)21-19-28(42)38(30(21)44)24-10-4-3-9-23(24)37-26(40)11-12-27(37)41/h3-4,9-13,18-20H,1-2,5-8,14-17H2. The summed E-state index contributed by atoms with van der Waals surface area (Å²) in [5.41, 5.74) is -2.31. The predicted molar refractivity (Wildman–Crippen MR) is 166 cm³/mol. The van der Waals surface area contributed by atoms with E-state index in [-0.39, 0.29) is 53.4 Å². The van der Waals surface area contributed by atoms with Crippen molar-refractivity contribution in [3.63, 3.8) is 0 Å². The molecule has 0 atom stereocenters. The van der Waals surface area contributed by atoms with Gasteiger partial charge < -0.3 is 4.57 Å². The van der Waals surface area contributed by atoms with Gasteiger partial charge in [-0.15, -0.1) is 0 Å². The van der Waals surface area contributed by atoms with Crippen LogP contribution in [0.1, 0.15) is 44.1 Å². The van der Waals surface area contributed by atoms with Crippen molar-refractivity contribution in [1.82, 2.24) is 18.3 Å². The van der Waals surface area contributed by atoms with Crippen molar-refractivity contribution in [3.8, 4) is 0 Å². The van der Waals surface area contributed by atoms with Crippen molar-refractivity contribution in [2.24, 2.45) is 0 Å². The number of carbonyl (C=O) groups excluding carboxylic acids is 4. The van der Waals surface area contributed by atoms with Crippen LogP contribution in [-0.4, -0.2) is 41.9 Å². The van der Waals surface area contributed by atoms with E-state index in [1.165, 1.54) is 44.3 Å². The summed E-state index contributed by atoms with van der Waals surface area (Å²) in [6.07, 6.45) is 9.06. The minimum atomic E-state index is -0.836. The predicted octanol–water partition coefficient (Wildman–Crippen LogP) is 0.774. The zero-order chi connectivity index (χ0) is 32.5. The summed E-state index contributed by atoms with van der Waals surface area (Å²) in [5.74, 6) is -2.86. The van der Waals surface area contributed by atoms with Gasteiger partial charge in [0.25, 0.3) is 34.7 Å². The van der Waals surface area contributed by atoms with Crippen LogP contribution in [0.25, 0.3) is 5.57 Å². The first-order chi connectivity index (χ1) is 22.2. The molecule has 0 spiro atoms. The number of rotatable bonds is 3. The Morgan fingerprint density at radius 1 is 0.543 bits per heavy atom. The fraction of sp³-hybridized carbons (Fsp3) is 0.312. The summed E-state index contributed by atoms with van der Waals surface area (Å²) >= 11 is 0. The number of anilines is 2. The van der Waals surface area contributed by atoms with Gasteiger partial charge in [0, 0.05) is 62.9 Å². The Hall–Kier alpha value is -5.66. The fourth-order valence-electron chi connectivity index (χ4n) is 5.96. The molecule has 3 aliphatic rings. The first kappa shape index (κ1) is 30.4. The maximum absolute atomic E-state index is 13.8. The first-order valence-electron chi connectivity index (χ1n) is 15.1. The largest absolute Gasteiger partial charge is 0.330 e. The summed E-state index contributed by atoms with van der Waals surface area (Å²) in [6.45, 7) is 0.829. The van der Waals surface area contributed by atoms with E-state index in [1.54, 1.807) is 12.1 Å². The van der Waals surface area contributed by atoms with E-state index in [9.17, 15) is 38.4 Å². The lowest BCUT2D eigenvalue weighted by atomic mass is 10.1. The molecule has 0 saturated heterocycles. The van der Waals surface area contributed by atoms with E-state index in [0.717, 1.165) is 32.6 Å². The second kappa shape index (κ2) is 12.4. The maximum atomic E-state index is 13.8. The van der Waals surface area contributed by atoms with Crippen molar-refractivity contribution < 1.29 is 19.2 Å². The van der Waals surface area contributed by atoms with Crippen molar-refractivity contribution >= 4 is 40.6 Å². The van der Waals surface area contributed by atoms with Gasteiger partial charge in [0.1, 0.15) is 0 Å². The first-order valence-corrected chi connectivity index (χ1v) is 15.1. The molecule has 2 aromatic heterocycles. The highest BCUT2D eigenvalue weighted by Crippen LogP contribution is 2.35. The van der Waals surface area contributed by atoms with Crippen LogP contribution >= 0.6 is 0 Å². The number of fused-ring (bicyclic) bond motifs is 4. The maximum Gasteiger partial charge on any atom is 0.330 e. The number of hydrogen-bond acceptors (Lipinski definition) is 8. The van der Waals surface area contributed by atoms with Crippen LogP contribution in [-0.2, 0) is 45.4 Å². The third kappa shape index (κ3) is 5.42. The quantitative estimate of drug-likeness (QED) is 0.385. The molecule has 1 aromatic carbocycles. The van der Waals surface area contributed by atoms with Crippen LogP contribution in [0.3, 0.4) is 0 Å². The highest BCUT2D eigenvalue weighted by atomic mass is 16.2. The number of nitrogens with zero attached hydrogens (tertiary/aromatic N) is 6. The van der Waals surface area contributed by atoms with E-state index in [4.69, 9.17) is 0 Å². The lowest BCUT2D eigenvalue weighted by Crippen LogP contribution is -2.42. The minimum Gasteiger partial charge on any atom is -0.300 e. The molecule has 3 aliphatic heterocycles. The highest BCUT2D eigenvalue weighted by molar-refractivity contribution is 6.44. The second-order valence-electron chi connectivity index (χ2n) is 11.2. The average molecular weight is 627 g/mol. The summed E-state index contributed by atoms with van der Waals surface area (Å²) in [4.78, 5) is 106. The topological polar surface area (TPSA) is 163 Å². The zero-order valence-corrected chi connectivity index (χ0v) is 24.8. The third-order valence-electron chi connectivity index (χ3n) is 8.32. The van der Waals surface area contributed by atoms with Gasteiger partial charge in [-0.2, -0.15) is 0 Å². The average Bonchev–Trinajstić information content (AvgIpc) is 3.52. The summed E-state index contributed by atoms with van der Waals surface area (Å²) < 4.78 is 5.10. The Morgan fingerprint density at radius 2 is 1.11 bits per heavy atom. The zero-order valence-electron chi connectivity index (χ0n) is 24.8. The Labute approximate surface area is 260 Å². The molecule has 5 heterocycles. The number of carbonyl (C=O) groups is 4. The van der Waals surface area contributed by atoms with E-state index >= 15 is 0 Å². The van der Waals surface area contributed by atoms with Gasteiger partial charge in [-0.25, -0.2) is 19.4 Å². The molecular weight excluding hydrogens is 596 g/mol. The molecule has 0 radical (unpaired) electrons. The molecule has 4 bridgehead atoms. The fourth-order valence-corrected chi connectivity index (χ4v) is 5.96. The molecule has 0 aliphatic carbocycles. The molecule has 3 aromatic rings. The van der Waals surface area contributed by atoms with Crippen LogP contribution in [0.15, 0.2) is 80.1 Å². The summed E-state index contributed by atoms with van der Waals surface area (Å²) in [5, 5.41) is 0. The Kier molecular flexibility index (Phi) is 8.17. The van der Waals surface area contributed by atoms with E-state index in [0.29, 0.717) is 45.1 Å². The number of benzene rings is 1. The molecule has 6 rings (SSSR count). The van der Waals surface area contributed by atoms with Gasteiger partial charge in [-0.3, -0.25) is 42.5 Å². The van der Waals surface area contributed by atoms with Crippen LogP contribution < -0.4 is 32.3 Å². The van der Waals surface area contributed by atoms with Crippen molar-refractivity contribution in [2.75, 3.05) is 9.80 Å². The van der Waals surface area contributed by atoms with E-state index in [1.807, 2.05) is 0 Å². The molecule has 0 unspecified atom stereocenters. The molecule has 46 heavy (non-hydrogen) atoms. The molecule has 0 fully saturated rings. The molecule has 14 nitrogen and oxygen atoms in total. The monoisotopic (exact) mass is 626 g/mol. The number of aryl methyl sites for hydroxylation is 2. The highest BCUT2D eigenvalue weighted by Gasteiger charge is 2.38. The second-order valence-corrected chi connectivity index (χ2v) is 11.2. The Morgan fingerprint density at radius 3 is 1.78 bits per heavy atom. The molecule has 0 N–H and O–H groups in total. The number of aromatic nitrogens is 4. The number of amides is 4. The Bertz CT molecular complexity index is 2080. The van der Waals surface area contributed by atoms with Gasteiger partial charge in [-0.05, 0) is 50.7 Å². The van der Waals surface area contributed by atoms with Gasteiger partial charge in [0.05, 0.1) is 22.5 Å². The lowest BCUT2D eigenvalue weighted by Gasteiger charge is -2.23. The van der Waals surface area contributed by atoms with Crippen molar-refractivity contribution in [3.05, 3.63) is 108 Å². The lowest BCUT2D eigenvalue weighted by molar-refractivity contribution is -0.121. The number of hydrogen-bond donors (Lipinski definition) is 0. The minimum absolute atomic E-state index is 0.00714. The van der Waals surface area contributed by atoms with E-state index in [2.05, 4.69) is 0 Å². The van der Waals surface area contributed by atoms with Crippen LogP contribution in [0.4, 0.5) is 11.4 Å². The van der Waals surface area contributed by atoms with Gasteiger partial charge >= 0.3 is 11.4 Å². The number of imide groups is 2. The molecule has 4 amide bonds. The van der Waals surface area contributed by atoms with Crippen LogP contribution in [0.5, 0.6) is 0 Å². The van der Waals surface area contributed by atoms with Crippen LogP contribution in [0, 0.1) is 0 Å².